The lowest BCUT2D eigenvalue weighted by Crippen LogP contribution is -2.32. The molecule has 0 aromatic carbocycles. The van der Waals surface area contributed by atoms with Crippen molar-refractivity contribution in [1.29, 1.82) is 0 Å². The Kier molecular flexibility index (Phi) is 4.62. The van der Waals surface area contributed by atoms with Crippen molar-refractivity contribution in [3.63, 3.8) is 0 Å². The number of rotatable bonds is 5. The van der Waals surface area contributed by atoms with Gasteiger partial charge in [0, 0.05) is 12.0 Å². The fourth-order valence-electron chi connectivity index (χ4n) is 0.914. The minimum absolute atomic E-state index is 0.250. The maximum Gasteiger partial charge on any atom is 0.170 e. The molecule has 2 N–H and O–H groups in total. The SMILES string of the molecule is C=CCC(C)C(=S)NNc1ccnnn1. The highest BCUT2D eigenvalue weighted by atomic mass is 32.1. The number of anilines is 1. The van der Waals surface area contributed by atoms with Crippen LogP contribution in [0.5, 0.6) is 0 Å². The van der Waals surface area contributed by atoms with Crippen LogP contribution >= 0.6 is 12.2 Å². The van der Waals surface area contributed by atoms with Gasteiger partial charge in [0.05, 0.1) is 11.2 Å². The smallest absolute Gasteiger partial charge is 0.170 e. The summed E-state index contributed by atoms with van der Waals surface area (Å²) in [6.07, 6.45) is 4.23. The Labute approximate surface area is 94.0 Å². The van der Waals surface area contributed by atoms with Crippen molar-refractivity contribution in [2.45, 2.75) is 13.3 Å². The fraction of sp³-hybridized carbons (Fsp3) is 0.333. The number of nitrogens with one attached hydrogen (secondary N) is 2. The third-order valence-electron chi connectivity index (χ3n) is 1.78. The van der Waals surface area contributed by atoms with E-state index in [1.54, 1.807) is 12.3 Å². The van der Waals surface area contributed by atoms with E-state index in [1.807, 2.05) is 13.0 Å². The minimum Gasteiger partial charge on any atom is -0.293 e. The highest BCUT2D eigenvalue weighted by Crippen LogP contribution is 2.04. The van der Waals surface area contributed by atoms with Gasteiger partial charge in [0.2, 0.25) is 0 Å². The van der Waals surface area contributed by atoms with E-state index in [-0.39, 0.29) is 5.92 Å². The summed E-state index contributed by atoms with van der Waals surface area (Å²) in [4.78, 5) is 0.716. The van der Waals surface area contributed by atoms with Gasteiger partial charge in [-0.05, 0) is 11.6 Å². The van der Waals surface area contributed by atoms with Crippen LogP contribution in [0.15, 0.2) is 24.9 Å². The maximum absolute atomic E-state index is 5.16. The van der Waals surface area contributed by atoms with Gasteiger partial charge in [-0.2, -0.15) is 0 Å². The molecule has 0 fully saturated rings. The average molecular weight is 223 g/mol. The molecule has 1 aromatic rings. The Bertz CT molecular complexity index is 327. The molecule has 0 aliphatic rings. The van der Waals surface area contributed by atoms with Crippen LogP contribution in [0.3, 0.4) is 0 Å². The largest absolute Gasteiger partial charge is 0.293 e. The molecule has 0 bridgehead atoms. The molecule has 6 heteroatoms. The van der Waals surface area contributed by atoms with Crippen molar-refractivity contribution in [3.05, 3.63) is 24.9 Å². The zero-order valence-corrected chi connectivity index (χ0v) is 9.29. The van der Waals surface area contributed by atoms with E-state index in [0.717, 1.165) is 6.42 Å². The van der Waals surface area contributed by atoms with Crippen molar-refractivity contribution >= 4 is 23.0 Å². The number of hydrogen-bond acceptors (Lipinski definition) is 5. The van der Waals surface area contributed by atoms with Crippen LogP contribution < -0.4 is 10.9 Å². The first-order valence-electron chi connectivity index (χ1n) is 4.55. The molecule has 5 nitrogen and oxygen atoms in total. The van der Waals surface area contributed by atoms with E-state index in [0.29, 0.717) is 10.8 Å². The number of allylic oxidation sites excluding steroid dienone is 1. The van der Waals surface area contributed by atoms with E-state index >= 15 is 0 Å². The van der Waals surface area contributed by atoms with Crippen LogP contribution in [-0.2, 0) is 0 Å². The van der Waals surface area contributed by atoms with Gasteiger partial charge in [-0.3, -0.25) is 10.9 Å². The van der Waals surface area contributed by atoms with E-state index < -0.39 is 0 Å². The lowest BCUT2D eigenvalue weighted by Gasteiger charge is -2.13. The lowest BCUT2D eigenvalue weighted by atomic mass is 10.1. The minimum atomic E-state index is 0.250. The number of nitrogens with zero attached hydrogens (tertiary/aromatic N) is 3. The van der Waals surface area contributed by atoms with Crippen LogP contribution in [0.1, 0.15) is 13.3 Å². The molecular weight excluding hydrogens is 210 g/mol. The first kappa shape index (κ1) is 11.5. The molecule has 0 saturated carbocycles. The van der Waals surface area contributed by atoms with Crippen molar-refractivity contribution in [2.24, 2.45) is 5.92 Å². The first-order valence-corrected chi connectivity index (χ1v) is 4.96. The molecule has 0 radical (unpaired) electrons. The lowest BCUT2D eigenvalue weighted by molar-refractivity contribution is 0.771. The third-order valence-corrected chi connectivity index (χ3v) is 2.29. The van der Waals surface area contributed by atoms with Crippen molar-refractivity contribution in [2.75, 3.05) is 5.43 Å². The monoisotopic (exact) mass is 223 g/mol. The number of hydrazine groups is 1. The van der Waals surface area contributed by atoms with Gasteiger partial charge in [0.25, 0.3) is 0 Å². The Morgan fingerprint density at radius 2 is 2.53 bits per heavy atom. The Hall–Kier alpha value is -1.56. The molecule has 80 valence electrons. The van der Waals surface area contributed by atoms with Crippen molar-refractivity contribution in [1.82, 2.24) is 20.8 Å². The van der Waals surface area contributed by atoms with E-state index in [9.17, 15) is 0 Å². The summed E-state index contributed by atoms with van der Waals surface area (Å²) >= 11 is 5.16. The number of hydrogen-bond donors (Lipinski definition) is 2. The standard InChI is InChI=1S/C9H13N5S/c1-3-4-7(2)9(15)13-11-8-5-6-10-14-12-8/h3,5-7H,1,4H2,2H3,(H,13,15)(H,10,11,12). The zero-order chi connectivity index (χ0) is 11.1. The summed E-state index contributed by atoms with van der Waals surface area (Å²) in [5.74, 6) is 0.831. The predicted molar refractivity (Wildman–Crippen MR) is 63.2 cm³/mol. The zero-order valence-electron chi connectivity index (χ0n) is 8.47. The van der Waals surface area contributed by atoms with E-state index in [2.05, 4.69) is 32.8 Å². The van der Waals surface area contributed by atoms with E-state index in [4.69, 9.17) is 12.2 Å². The van der Waals surface area contributed by atoms with Crippen LogP contribution in [0.4, 0.5) is 5.82 Å². The maximum atomic E-state index is 5.16. The molecule has 1 aromatic heterocycles. The van der Waals surface area contributed by atoms with Gasteiger partial charge in [-0.15, -0.1) is 16.8 Å². The van der Waals surface area contributed by atoms with Gasteiger partial charge in [0.15, 0.2) is 5.82 Å². The molecule has 15 heavy (non-hydrogen) atoms. The molecule has 1 heterocycles. The summed E-state index contributed by atoms with van der Waals surface area (Å²) in [6, 6.07) is 1.70. The van der Waals surface area contributed by atoms with Gasteiger partial charge in [0.1, 0.15) is 0 Å². The van der Waals surface area contributed by atoms with Crippen LogP contribution in [0, 0.1) is 5.92 Å². The van der Waals surface area contributed by atoms with Gasteiger partial charge in [-0.25, -0.2) is 0 Å². The second-order valence-electron chi connectivity index (χ2n) is 3.05. The third kappa shape index (κ3) is 3.99. The number of aromatic nitrogens is 3. The summed E-state index contributed by atoms with van der Waals surface area (Å²) in [5, 5.41) is 10.8. The summed E-state index contributed by atoms with van der Waals surface area (Å²) in [5.41, 5.74) is 5.73. The van der Waals surface area contributed by atoms with Gasteiger partial charge < -0.3 is 0 Å². The highest BCUT2D eigenvalue weighted by Gasteiger charge is 2.05. The molecule has 0 amide bonds. The molecule has 1 unspecified atom stereocenters. The van der Waals surface area contributed by atoms with Crippen molar-refractivity contribution in [3.8, 4) is 0 Å². The Morgan fingerprint density at radius 1 is 1.73 bits per heavy atom. The van der Waals surface area contributed by atoms with Gasteiger partial charge in [-0.1, -0.05) is 25.2 Å². The predicted octanol–water partition coefficient (Wildman–Crippen LogP) is 1.33. The molecule has 1 atom stereocenters. The van der Waals surface area contributed by atoms with Crippen LogP contribution in [-0.4, -0.2) is 20.4 Å². The first-order chi connectivity index (χ1) is 7.24. The number of thiocarbonyl (C=S) groups is 1. The highest BCUT2D eigenvalue weighted by molar-refractivity contribution is 7.80. The van der Waals surface area contributed by atoms with E-state index in [1.165, 1.54) is 0 Å². The van der Waals surface area contributed by atoms with Crippen LogP contribution in [0.2, 0.25) is 0 Å². The summed E-state index contributed by atoms with van der Waals surface area (Å²) < 4.78 is 0. The quantitative estimate of drug-likeness (QED) is 0.446. The second kappa shape index (κ2) is 6.02. The molecule has 0 saturated heterocycles. The van der Waals surface area contributed by atoms with Crippen LogP contribution in [0.25, 0.3) is 0 Å². The Balaban J connectivity index is 2.37. The van der Waals surface area contributed by atoms with Crippen molar-refractivity contribution < 1.29 is 0 Å². The topological polar surface area (TPSA) is 62.7 Å². The average Bonchev–Trinajstić information content (AvgIpc) is 2.27. The molecule has 1 rings (SSSR count). The summed E-state index contributed by atoms with van der Waals surface area (Å²) in [6.45, 7) is 5.69. The summed E-state index contributed by atoms with van der Waals surface area (Å²) in [7, 11) is 0. The fourth-order valence-corrected chi connectivity index (χ4v) is 1.06. The molecule has 0 aliphatic carbocycles. The molecule has 0 aliphatic heterocycles. The van der Waals surface area contributed by atoms with Gasteiger partial charge >= 0.3 is 0 Å². The normalized spacial score (nSPS) is 11.5. The second-order valence-corrected chi connectivity index (χ2v) is 3.49. The molecular formula is C9H13N5S. The Morgan fingerprint density at radius 3 is 3.13 bits per heavy atom. The molecule has 0 spiro atoms.